The van der Waals surface area contributed by atoms with Crippen molar-refractivity contribution < 1.29 is 14.3 Å². The largest absolute Gasteiger partial charge is 0.381 e. The van der Waals surface area contributed by atoms with Crippen LogP contribution in [-0.4, -0.2) is 25.8 Å². The summed E-state index contributed by atoms with van der Waals surface area (Å²) < 4.78 is 5.64. The molecule has 0 aromatic rings. The SMILES string of the molecule is CO[C@H]1CC[C@@]2(C)C(=C[C@@H](C=O)[C@H]3[C@@H]4CC[C@H](C=O)[C@@]4(C)CC[C@@H]32)C1. The zero-order valence-corrected chi connectivity index (χ0v) is 15.9. The number of allylic oxidation sites excluding steroid dienone is 1. The van der Waals surface area contributed by atoms with Crippen LogP contribution in [0.3, 0.4) is 0 Å². The number of rotatable bonds is 3. The van der Waals surface area contributed by atoms with Crippen LogP contribution < -0.4 is 0 Å². The van der Waals surface area contributed by atoms with Gasteiger partial charge in [0.2, 0.25) is 0 Å². The Morgan fingerprint density at radius 2 is 1.84 bits per heavy atom. The fourth-order valence-electron chi connectivity index (χ4n) is 7.30. The summed E-state index contributed by atoms with van der Waals surface area (Å²) in [6, 6.07) is 0. The van der Waals surface area contributed by atoms with Crippen LogP contribution in [0.4, 0.5) is 0 Å². The van der Waals surface area contributed by atoms with Gasteiger partial charge in [-0.25, -0.2) is 0 Å². The molecule has 4 rings (SSSR count). The van der Waals surface area contributed by atoms with E-state index in [1.807, 2.05) is 0 Å². The maximum Gasteiger partial charge on any atom is 0.127 e. The standard InChI is InChI=1S/C22H32O3/c1-21-9-7-19-20(18(21)5-4-15(21)13-24)14(12-23)10-16-11-17(25-3)6-8-22(16,19)2/h10,12-15,17-20H,4-9,11H2,1-3H3/t14-,15+,17-,18-,19-,20-,21+,22-/m0/s1. The van der Waals surface area contributed by atoms with Crippen LogP contribution in [0.15, 0.2) is 11.6 Å². The molecule has 3 nitrogen and oxygen atoms in total. The summed E-state index contributed by atoms with van der Waals surface area (Å²) in [5.74, 6) is 1.75. The van der Waals surface area contributed by atoms with E-state index in [0.29, 0.717) is 23.9 Å². The maximum atomic E-state index is 12.0. The molecule has 4 aliphatic carbocycles. The molecule has 0 aliphatic heterocycles. The normalized spacial score (nSPS) is 51.7. The number of hydrogen-bond acceptors (Lipinski definition) is 3. The summed E-state index contributed by atoms with van der Waals surface area (Å²) in [6.45, 7) is 4.77. The van der Waals surface area contributed by atoms with Crippen LogP contribution in [0.2, 0.25) is 0 Å². The summed E-state index contributed by atoms with van der Waals surface area (Å²) >= 11 is 0. The molecule has 25 heavy (non-hydrogen) atoms. The summed E-state index contributed by atoms with van der Waals surface area (Å²) in [7, 11) is 1.81. The van der Waals surface area contributed by atoms with E-state index >= 15 is 0 Å². The van der Waals surface area contributed by atoms with E-state index in [9.17, 15) is 9.59 Å². The number of ether oxygens (including phenoxy) is 1. The first-order valence-corrected chi connectivity index (χ1v) is 10.1. The molecule has 0 bridgehead atoms. The van der Waals surface area contributed by atoms with Crippen LogP contribution in [0.1, 0.15) is 58.8 Å². The van der Waals surface area contributed by atoms with Crippen molar-refractivity contribution in [2.75, 3.05) is 7.11 Å². The van der Waals surface area contributed by atoms with Gasteiger partial charge in [0.25, 0.3) is 0 Å². The quantitative estimate of drug-likeness (QED) is 0.569. The van der Waals surface area contributed by atoms with Gasteiger partial charge >= 0.3 is 0 Å². The average Bonchev–Trinajstić information content (AvgIpc) is 2.96. The first-order chi connectivity index (χ1) is 12.0. The van der Waals surface area contributed by atoms with Crippen LogP contribution in [0.25, 0.3) is 0 Å². The zero-order valence-electron chi connectivity index (χ0n) is 15.9. The van der Waals surface area contributed by atoms with Crippen molar-refractivity contribution in [3.8, 4) is 0 Å². The smallest absolute Gasteiger partial charge is 0.127 e. The summed E-state index contributed by atoms with van der Waals surface area (Å²) in [5, 5.41) is 0. The summed E-state index contributed by atoms with van der Waals surface area (Å²) in [6.07, 6.45) is 12.7. The van der Waals surface area contributed by atoms with E-state index in [1.165, 1.54) is 24.6 Å². The van der Waals surface area contributed by atoms with E-state index in [1.54, 1.807) is 7.11 Å². The number of carbonyl (C=O) groups excluding carboxylic acids is 2. The van der Waals surface area contributed by atoms with Gasteiger partial charge in [-0.2, -0.15) is 0 Å². The molecule has 4 aliphatic rings. The minimum Gasteiger partial charge on any atom is -0.381 e. The Balaban J connectivity index is 1.73. The fourth-order valence-corrected chi connectivity index (χ4v) is 7.30. The van der Waals surface area contributed by atoms with Crippen molar-refractivity contribution in [2.24, 2.45) is 40.4 Å². The first kappa shape index (κ1) is 17.5. The molecule has 3 saturated carbocycles. The van der Waals surface area contributed by atoms with Gasteiger partial charge in [-0.05, 0) is 73.5 Å². The molecule has 138 valence electrons. The van der Waals surface area contributed by atoms with Crippen LogP contribution in [0.5, 0.6) is 0 Å². The Labute approximate surface area is 151 Å². The predicted octanol–water partition coefficient (Wildman–Crippen LogP) is 4.20. The lowest BCUT2D eigenvalue weighted by molar-refractivity contribution is -0.124. The number of hydrogen-bond donors (Lipinski definition) is 0. The van der Waals surface area contributed by atoms with E-state index in [-0.39, 0.29) is 22.7 Å². The first-order valence-electron chi connectivity index (χ1n) is 10.1. The Kier molecular flexibility index (Phi) is 4.22. The highest BCUT2D eigenvalue weighted by molar-refractivity contribution is 5.60. The molecular formula is C22H32O3. The molecule has 8 atom stereocenters. The van der Waals surface area contributed by atoms with Gasteiger partial charge in [-0.1, -0.05) is 25.5 Å². The van der Waals surface area contributed by atoms with E-state index in [0.717, 1.165) is 38.5 Å². The molecular weight excluding hydrogens is 312 g/mol. The average molecular weight is 344 g/mol. The summed E-state index contributed by atoms with van der Waals surface area (Å²) in [4.78, 5) is 23.7. The summed E-state index contributed by atoms with van der Waals surface area (Å²) in [5.41, 5.74) is 1.80. The molecule has 3 fully saturated rings. The minimum atomic E-state index is 0.0266. The van der Waals surface area contributed by atoms with Crippen LogP contribution in [0, 0.1) is 40.4 Å². The van der Waals surface area contributed by atoms with Crippen molar-refractivity contribution in [1.29, 1.82) is 0 Å². The molecule has 0 amide bonds. The second-order valence-corrected chi connectivity index (χ2v) is 9.58. The lowest BCUT2D eigenvalue weighted by Crippen LogP contribution is -2.53. The third kappa shape index (κ3) is 2.34. The Bertz CT molecular complexity index is 596. The lowest BCUT2D eigenvalue weighted by atomic mass is 9.45. The van der Waals surface area contributed by atoms with Crippen LogP contribution in [-0.2, 0) is 14.3 Å². The van der Waals surface area contributed by atoms with Crippen molar-refractivity contribution >= 4 is 12.6 Å². The maximum absolute atomic E-state index is 12.0. The molecule has 0 aromatic carbocycles. The van der Waals surface area contributed by atoms with Gasteiger partial charge in [0.1, 0.15) is 12.6 Å². The van der Waals surface area contributed by atoms with Gasteiger partial charge in [0.15, 0.2) is 0 Å². The fraction of sp³-hybridized carbons (Fsp3) is 0.818. The zero-order chi connectivity index (χ0) is 17.8. The number of methoxy groups -OCH3 is 1. The lowest BCUT2D eigenvalue weighted by Gasteiger charge is -2.59. The third-order valence-electron chi connectivity index (χ3n) is 8.88. The highest BCUT2D eigenvalue weighted by Crippen LogP contribution is 2.66. The van der Waals surface area contributed by atoms with Gasteiger partial charge in [0, 0.05) is 18.9 Å². The number of fused-ring (bicyclic) bond motifs is 5. The second-order valence-electron chi connectivity index (χ2n) is 9.58. The third-order valence-corrected chi connectivity index (χ3v) is 8.88. The van der Waals surface area contributed by atoms with Gasteiger partial charge < -0.3 is 14.3 Å². The molecule has 0 saturated heterocycles. The van der Waals surface area contributed by atoms with E-state index < -0.39 is 0 Å². The number of aldehydes is 2. The van der Waals surface area contributed by atoms with E-state index in [4.69, 9.17) is 4.74 Å². The van der Waals surface area contributed by atoms with Gasteiger partial charge in [0.05, 0.1) is 6.10 Å². The van der Waals surface area contributed by atoms with Gasteiger partial charge in [-0.15, -0.1) is 0 Å². The second kappa shape index (κ2) is 6.04. The van der Waals surface area contributed by atoms with Crippen molar-refractivity contribution in [2.45, 2.75) is 64.9 Å². The molecule has 0 radical (unpaired) electrons. The highest BCUT2D eigenvalue weighted by atomic mass is 16.5. The topological polar surface area (TPSA) is 43.4 Å². The molecule has 0 heterocycles. The number of carbonyl (C=O) groups is 2. The highest BCUT2D eigenvalue weighted by Gasteiger charge is 2.60. The van der Waals surface area contributed by atoms with Crippen molar-refractivity contribution in [3.63, 3.8) is 0 Å². The van der Waals surface area contributed by atoms with Crippen molar-refractivity contribution in [1.82, 2.24) is 0 Å². The molecule has 3 heteroatoms. The van der Waals surface area contributed by atoms with Gasteiger partial charge in [-0.3, -0.25) is 0 Å². The molecule has 0 unspecified atom stereocenters. The Hall–Kier alpha value is -0.960. The molecule has 0 spiro atoms. The molecule has 0 aromatic heterocycles. The van der Waals surface area contributed by atoms with Crippen molar-refractivity contribution in [3.05, 3.63) is 11.6 Å². The minimum absolute atomic E-state index is 0.0266. The Morgan fingerprint density at radius 1 is 1.04 bits per heavy atom. The predicted molar refractivity (Wildman–Crippen MR) is 97.0 cm³/mol. The van der Waals surface area contributed by atoms with Crippen LogP contribution >= 0.6 is 0 Å². The van der Waals surface area contributed by atoms with E-state index in [2.05, 4.69) is 19.9 Å². The Morgan fingerprint density at radius 3 is 2.52 bits per heavy atom. The molecule has 0 N–H and O–H groups in total. The monoisotopic (exact) mass is 344 g/mol.